The van der Waals surface area contributed by atoms with Crippen LogP contribution in [0.1, 0.15) is 32.3 Å². The maximum absolute atomic E-state index is 12.0. The first-order valence-corrected chi connectivity index (χ1v) is 6.87. The van der Waals surface area contributed by atoms with Gasteiger partial charge in [-0.1, -0.05) is 12.1 Å². The Morgan fingerprint density at radius 2 is 2.00 bits per heavy atom. The summed E-state index contributed by atoms with van der Waals surface area (Å²) in [7, 11) is 1.86. The average molecular weight is 293 g/mol. The molecule has 0 unspecified atom stereocenters. The number of rotatable bonds is 7. The van der Waals surface area contributed by atoms with Crippen molar-refractivity contribution >= 4 is 17.7 Å². The zero-order valence-corrected chi connectivity index (χ0v) is 12.7. The smallest absolute Gasteiger partial charge is 0.319 e. The monoisotopic (exact) mass is 293 g/mol. The van der Waals surface area contributed by atoms with Crippen molar-refractivity contribution in [1.29, 1.82) is 0 Å². The molecule has 0 bridgehead atoms. The zero-order chi connectivity index (χ0) is 15.9. The zero-order valence-electron chi connectivity index (χ0n) is 12.7. The van der Waals surface area contributed by atoms with Gasteiger partial charge in [-0.05, 0) is 45.0 Å². The SMILES string of the molecule is CNCc1cccc(NC(=O)NC(C)(C)CCC(=O)O)c1. The van der Waals surface area contributed by atoms with Crippen LogP contribution in [0, 0.1) is 0 Å². The molecule has 4 N–H and O–H groups in total. The summed E-state index contributed by atoms with van der Waals surface area (Å²) in [4.78, 5) is 22.5. The highest BCUT2D eigenvalue weighted by atomic mass is 16.4. The first kappa shape index (κ1) is 17.0. The largest absolute Gasteiger partial charge is 0.481 e. The van der Waals surface area contributed by atoms with Crippen molar-refractivity contribution in [1.82, 2.24) is 10.6 Å². The molecule has 0 aromatic heterocycles. The molecule has 0 fully saturated rings. The molecule has 0 aliphatic rings. The maximum atomic E-state index is 12.0. The van der Waals surface area contributed by atoms with Crippen LogP contribution in [0.2, 0.25) is 0 Å². The molecule has 0 saturated carbocycles. The minimum absolute atomic E-state index is 0.0188. The lowest BCUT2D eigenvalue weighted by Crippen LogP contribution is -2.45. The van der Waals surface area contributed by atoms with Gasteiger partial charge in [0.15, 0.2) is 0 Å². The van der Waals surface area contributed by atoms with Gasteiger partial charge in [-0.25, -0.2) is 4.79 Å². The number of benzene rings is 1. The van der Waals surface area contributed by atoms with E-state index in [1.54, 1.807) is 13.8 Å². The number of carbonyl (C=O) groups excluding carboxylic acids is 1. The third-order valence-corrected chi connectivity index (χ3v) is 2.98. The van der Waals surface area contributed by atoms with Crippen LogP contribution in [0.5, 0.6) is 0 Å². The molecular weight excluding hydrogens is 270 g/mol. The van der Waals surface area contributed by atoms with Crippen LogP contribution >= 0.6 is 0 Å². The molecule has 0 radical (unpaired) electrons. The third kappa shape index (κ3) is 6.76. The van der Waals surface area contributed by atoms with Gasteiger partial charge < -0.3 is 21.1 Å². The van der Waals surface area contributed by atoms with Crippen LogP contribution in [0.15, 0.2) is 24.3 Å². The number of hydrogen-bond donors (Lipinski definition) is 4. The molecule has 1 aromatic carbocycles. The van der Waals surface area contributed by atoms with Crippen LogP contribution < -0.4 is 16.0 Å². The summed E-state index contributed by atoms with van der Waals surface area (Å²) < 4.78 is 0. The number of hydrogen-bond acceptors (Lipinski definition) is 3. The first-order valence-electron chi connectivity index (χ1n) is 6.87. The molecule has 1 rings (SSSR count). The number of urea groups is 1. The van der Waals surface area contributed by atoms with Gasteiger partial charge in [-0.15, -0.1) is 0 Å². The molecule has 0 atom stereocenters. The lowest BCUT2D eigenvalue weighted by atomic mass is 9.99. The summed E-state index contributed by atoms with van der Waals surface area (Å²) in [6, 6.07) is 7.20. The van der Waals surface area contributed by atoms with Crippen molar-refractivity contribution in [3.05, 3.63) is 29.8 Å². The Balaban J connectivity index is 2.56. The summed E-state index contributed by atoms with van der Waals surface area (Å²) in [6.45, 7) is 4.32. The lowest BCUT2D eigenvalue weighted by Gasteiger charge is -2.25. The second-order valence-electron chi connectivity index (χ2n) is 5.59. The molecule has 0 spiro atoms. The van der Waals surface area contributed by atoms with Crippen LogP contribution in [0.4, 0.5) is 10.5 Å². The van der Waals surface area contributed by atoms with E-state index in [0.717, 1.165) is 12.1 Å². The molecule has 0 aliphatic carbocycles. The van der Waals surface area contributed by atoms with Crippen LogP contribution in [0.25, 0.3) is 0 Å². The summed E-state index contributed by atoms with van der Waals surface area (Å²) in [5.74, 6) is -0.870. The van der Waals surface area contributed by atoms with E-state index in [4.69, 9.17) is 5.11 Å². The van der Waals surface area contributed by atoms with Crippen molar-refractivity contribution < 1.29 is 14.7 Å². The van der Waals surface area contributed by atoms with Crippen LogP contribution in [0.3, 0.4) is 0 Å². The normalized spacial score (nSPS) is 11.0. The fourth-order valence-corrected chi connectivity index (χ4v) is 1.91. The number of carbonyl (C=O) groups is 2. The highest BCUT2D eigenvalue weighted by Gasteiger charge is 2.21. The number of carboxylic acids is 1. The fourth-order valence-electron chi connectivity index (χ4n) is 1.91. The summed E-state index contributed by atoms with van der Waals surface area (Å²) in [5.41, 5.74) is 1.19. The molecule has 6 nitrogen and oxygen atoms in total. The molecule has 2 amide bonds. The Kier molecular flexibility index (Phi) is 6.17. The number of aliphatic carboxylic acids is 1. The van der Waals surface area contributed by atoms with Crippen LogP contribution in [-0.2, 0) is 11.3 Å². The summed E-state index contributed by atoms with van der Waals surface area (Å²) in [6.07, 6.45) is 0.389. The third-order valence-electron chi connectivity index (χ3n) is 2.98. The van der Waals surface area contributed by atoms with Crippen molar-refractivity contribution in [3.63, 3.8) is 0 Å². The molecule has 0 heterocycles. The predicted molar refractivity (Wildman–Crippen MR) is 82.3 cm³/mol. The second-order valence-corrected chi connectivity index (χ2v) is 5.59. The molecule has 6 heteroatoms. The van der Waals surface area contributed by atoms with Gasteiger partial charge in [-0.3, -0.25) is 4.79 Å². The highest BCUT2D eigenvalue weighted by molar-refractivity contribution is 5.89. The van der Waals surface area contributed by atoms with Crippen molar-refractivity contribution in [2.24, 2.45) is 0 Å². The highest BCUT2D eigenvalue weighted by Crippen LogP contribution is 2.13. The molecule has 21 heavy (non-hydrogen) atoms. The van der Waals surface area contributed by atoms with Gasteiger partial charge >= 0.3 is 12.0 Å². The minimum Gasteiger partial charge on any atom is -0.481 e. The van der Waals surface area contributed by atoms with E-state index in [-0.39, 0.29) is 12.5 Å². The van der Waals surface area contributed by atoms with Gasteiger partial charge in [0.1, 0.15) is 0 Å². The van der Waals surface area contributed by atoms with E-state index in [1.165, 1.54) is 0 Å². The number of anilines is 1. The van der Waals surface area contributed by atoms with E-state index >= 15 is 0 Å². The van der Waals surface area contributed by atoms with Crippen molar-refractivity contribution in [2.45, 2.75) is 38.8 Å². The molecular formula is C15H23N3O3. The predicted octanol–water partition coefficient (Wildman–Crippen LogP) is 2.17. The van der Waals surface area contributed by atoms with E-state index < -0.39 is 11.5 Å². The van der Waals surface area contributed by atoms with Gasteiger partial charge in [-0.2, -0.15) is 0 Å². The Morgan fingerprint density at radius 3 is 2.62 bits per heavy atom. The van der Waals surface area contributed by atoms with E-state index in [1.807, 2.05) is 31.3 Å². The Morgan fingerprint density at radius 1 is 1.29 bits per heavy atom. The number of amides is 2. The molecule has 116 valence electrons. The van der Waals surface area contributed by atoms with Gasteiger partial charge in [0.2, 0.25) is 0 Å². The van der Waals surface area contributed by atoms with E-state index in [0.29, 0.717) is 12.1 Å². The van der Waals surface area contributed by atoms with Crippen molar-refractivity contribution in [2.75, 3.05) is 12.4 Å². The van der Waals surface area contributed by atoms with Gasteiger partial charge in [0, 0.05) is 24.2 Å². The Bertz CT molecular complexity index is 501. The number of nitrogens with one attached hydrogen (secondary N) is 3. The average Bonchev–Trinajstić information content (AvgIpc) is 2.36. The first-order chi connectivity index (χ1) is 9.82. The Hall–Kier alpha value is -2.08. The summed E-state index contributed by atoms with van der Waals surface area (Å²) in [5, 5.41) is 17.3. The minimum atomic E-state index is -0.870. The number of carboxylic acid groups (broad SMARTS) is 1. The standard InChI is InChI=1S/C15H23N3O3/c1-15(2,8-7-13(19)20)18-14(21)17-12-6-4-5-11(9-12)10-16-3/h4-6,9,16H,7-8,10H2,1-3H3,(H,19,20)(H2,17,18,21). The lowest BCUT2D eigenvalue weighted by molar-refractivity contribution is -0.137. The van der Waals surface area contributed by atoms with Crippen molar-refractivity contribution in [3.8, 4) is 0 Å². The quantitative estimate of drug-likeness (QED) is 0.620. The van der Waals surface area contributed by atoms with E-state index in [9.17, 15) is 9.59 Å². The fraction of sp³-hybridized carbons (Fsp3) is 0.467. The van der Waals surface area contributed by atoms with E-state index in [2.05, 4.69) is 16.0 Å². The molecule has 0 saturated heterocycles. The second kappa shape index (κ2) is 7.64. The molecule has 1 aromatic rings. The summed E-state index contributed by atoms with van der Waals surface area (Å²) >= 11 is 0. The topological polar surface area (TPSA) is 90.5 Å². The van der Waals surface area contributed by atoms with Gasteiger partial charge in [0.05, 0.1) is 0 Å². The molecule has 0 aliphatic heterocycles. The van der Waals surface area contributed by atoms with Gasteiger partial charge in [0.25, 0.3) is 0 Å². The van der Waals surface area contributed by atoms with Crippen LogP contribution in [-0.4, -0.2) is 29.7 Å². The maximum Gasteiger partial charge on any atom is 0.319 e. The Labute approximate surface area is 124 Å².